The van der Waals surface area contributed by atoms with Crippen LogP contribution in [-0.4, -0.2) is 20.3 Å². The minimum absolute atomic E-state index is 0.0363. The van der Waals surface area contributed by atoms with Crippen LogP contribution in [0.2, 0.25) is 0 Å². The molecule has 0 bridgehead atoms. The maximum absolute atomic E-state index is 12.4. The van der Waals surface area contributed by atoms with Gasteiger partial charge in [-0.3, -0.25) is 0 Å². The van der Waals surface area contributed by atoms with Crippen LogP contribution in [0, 0.1) is 0 Å². The van der Waals surface area contributed by atoms with Crippen molar-refractivity contribution in [2.24, 2.45) is 0 Å². The highest BCUT2D eigenvalue weighted by atomic mass is 32.2. The lowest BCUT2D eigenvalue weighted by molar-refractivity contribution is -0.0498. The number of hydrogen-bond acceptors (Lipinski definition) is 3. The first-order valence-corrected chi connectivity index (χ1v) is 8.29. The van der Waals surface area contributed by atoms with E-state index in [2.05, 4.69) is 4.74 Å². The third kappa shape index (κ3) is 3.29. The van der Waals surface area contributed by atoms with E-state index in [1.165, 1.54) is 24.3 Å². The van der Waals surface area contributed by atoms with E-state index in [4.69, 9.17) is 0 Å². The van der Waals surface area contributed by atoms with Crippen LogP contribution in [0.3, 0.4) is 0 Å². The molecule has 1 aliphatic rings. The van der Waals surface area contributed by atoms with Gasteiger partial charge >= 0.3 is 6.61 Å². The van der Waals surface area contributed by atoms with Gasteiger partial charge in [0.05, 0.1) is 10.5 Å². The third-order valence-corrected chi connectivity index (χ3v) is 6.49. The normalized spacial score (nSPS) is 18.4. The summed E-state index contributed by atoms with van der Waals surface area (Å²) in [5.41, 5.74) is 0.610. The highest BCUT2D eigenvalue weighted by Crippen LogP contribution is 2.34. The molecule has 1 aromatic rings. The largest absolute Gasteiger partial charge is 0.435 e. The summed E-state index contributed by atoms with van der Waals surface area (Å²) in [5, 5.41) is -0.888. The number of ether oxygens (including phenoxy) is 1. The molecule has 0 spiro atoms. The van der Waals surface area contributed by atoms with Crippen molar-refractivity contribution in [2.75, 3.05) is 0 Å². The molecule has 3 nitrogen and oxygen atoms in total. The van der Waals surface area contributed by atoms with Crippen molar-refractivity contribution in [3.05, 3.63) is 29.8 Å². The van der Waals surface area contributed by atoms with Crippen LogP contribution in [0.1, 0.15) is 43.4 Å². The van der Waals surface area contributed by atoms with Gasteiger partial charge in [0.2, 0.25) is 0 Å². The summed E-state index contributed by atoms with van der Waals surface area (Å²) < 4.78 is 53.3. The van der Waals surface area contributed by atoms with Crippen LogP contribution in [0.25, 0.3) is 0 Å². The van der Waals surface area contributed by atoms with Gasteiger partial charge < -0.3 is 4.74 Å². The predicted octanol–water partition coefficient (Wildman–Crippen LogP) is 3.71. The van der Waals surface area contributed by atoms with Crippen molar-refractivity contribution in [3.8, 4) is 5.75 Å². The molecule has 1 aromatic carbocycles. The molecule has 0 aromatic heterocycles. The summed E-state index contributed by atoms with van der Waals surface area (Å²) in [6.45, 7) is -1.23. The molecule has 20 heavy (non-hydrogen) atoms. The fraction of sp³-hybridized carbons (Fsp3) is 0.571. The van der Waals surface area contributed by atoms with Crippen LogP contribution in [-0.2, 0) is 9.84 Å². The molecule has 1 fully saturated rings. The van der Waals surface area contributed by atoms with Crippen LogP contribution >= 0.6 is 0 Å². The number of sulfone groups is 1. The predicted molar refractivity (Wildman–Crippen MR) is 72.7 cm³/mol. The Kier molecular flexibility index (Phi) is 4.62. The first-order valence-electron chi connectivity index (χ1n) is 6.68. The zero-order valence-corrected chi connectivity index (χ0v) is 12.1. The minimum Gasteiger partial charge on any atom is -0.435 e. The van der Waals surface area contributed by atoms with Gasteiger partial charge in [0.15, 0.2) is 9.84 Å². The fourth-order valence-electron chi connectivity index (χ4n) is 2.62. The van der Waals surface area contributed by atoms with Crippen LogP contribution in [0.15, 0.2) is 24.3 Å². The maximum atomic E-state index is 12.4. The Bertz CT molecular complexity index is 534. The van der Waals surface area contributed by atoms with E-state index >= 15 is 0 Å². The zero-order valence-electron chi connectivity index (χ0n) is 11.3. The average Bonchev–Trinajstić information content (AvgIpc) is 2.92. The van der Waals surface area contributed by atoms with Gasteiger partial charge in [0.1, 0.15) is 5.75 Å². The standard InChI is InChI=1S/C14H18F2O3S/c1-10(20(17,18)13-4-2-3-5-13)11-6-8-12(9-7-11)19-14(15)16/h6-10,13-14H,2-5H2,1H3/t10-/m1/s1. The molecule has 0 radical (unpaired) electrons. The first kappa shape index (κ1) is 15.2. The van der Waals surface area contributed by atoms with Crippen LogP contribution in [0.4, 0.5) is 8.78 Å². The highest BCUT2D eigenvalue weighted by molar-refractivity contribution is 7.92. The maximum Gasteiger partial charge on any atom is 0.387 e. The summed E-state index contributed by atoms with van der Waals surface area (Å²) in [6, 6.07) is 5.83. The second-order valence-corrected chi connectivity index (χ2v) is 7.64. The first-order chi connectivity index (χ1) is 9.41. The van der Waals surface area contributed by atoms with Crippen molar-refractivity contribution in [1.29, 1.82) is 0 Å². The molecule has 0 unspecified atom stereocenters. The fourth-order valence-corrected chi connectivity index (χ4v) is 4.72. The molecule has 2 rings (SSSR count). The monoisotopic (exact) mass is 304 g/mol. The van der Waals surface area contributed by atoms with E-state index in [-0.39, 0.29) is 11.0 Å². The van der Waals surface area contributed by atoms with Crippen molar-refractivity contribution >= 4 is 9.84 Å². The second-order valence-electron chi connectivity index (χ2n) is 5.09. The minimum atomic E-state index is -3.22. The third-order valence-electron chi connectivity index (χ3n) is 3.83. The van der Waals surface area contributed by atoms with Crippen molar-refractivity contribution in [1.82, 2.24) is 0 Å². The molecule has 0 aliphatic heterocycles. The summed E-state index contributed by atoms with van der Waals surface area (Å²) in [7, 11) is -3.22. The lowest BCUT2D eigenvalue weighted by Gasteiger charge is -2.18. The zero-order chi connectivity index (χ0) is 14.8. The van der Waals surface area contributed by atoms with Gasteiger partial charge in [-0.2, -0.15) is 8.78 Å². The molecule has 6 heteroatoms. The molecular formula is C14H18F2O3S. The molecular weight excluding hydrogens is 286 g/mol. The molecule has 1 atom stereocenters. The highest BCUT2D eigenvalue weighted by Gasteiger charge is 2.34. The van der Waals surface area contributed by atoms with Gasteiger partial charge in [-0.1, -0.05) is 25.0 Å². The van der Waals surface area contributed by atoms with Crippen molar-refractivity contribution < 1.29 is 21.9 Å². The second kappa shape index (κ2) is 6.08. The quantitative estimate of drug-likeness (QED) is 0.833. The van der Waals surface area contributed by atoms with Crippen molar-refractivity contribution in [3.63, 3.8) is 0 Å². The number of rotatable bonds is 5. The van der Waals surface area contributed by atoms with Gasteiger partial charge in [-0.05, 0) is 37.5 Å². The summed E-state index contributed by atoms with van der Waals surface area (Å²) in [4.78, 5) is 0. The molecule has 0 amide bonds. The summed E-state index contributed by atoms with van der Waals surface area (Å²) >= 11 is 0. The molecule has 1 aliphatic carbocycles. The van der Waals surface area contributed by atoms with Crippen LogP contribution < -0.4 is 4.74 Å². The Balaban J connectivity index is 2.14. The Morgan fingerprint density at radius 1 is 1.15 bits per heavy atom. The lowest BCUT2D eigenvalue weighted by Crippen LogP contribution is -2.23. The average molecular weight is 304 g/mol. The van der Waals surface area contributed by atoms with Crippen LogP contribution in [0.5, 0.6) is 5.75 Å². The number of hydrogen-bond donors (Lipinski definition) is 0. The summed E-state index contributed by atoms with van der Waals surface area (Å²) in [6.07, 6.45) is 3.36. The van der Waals surface area contributed by atoms with Gasteiger partial charge in [0.25, 0.3) is 0 Å². The van der Waals surface area contributed by atoms with Gasteiger partial charge in [-0.15, -0.1) is 0 Å². The molecule has 0 saturated heterocycles. The Morgan fingerprint density at radius 2 is 1.70 bits per heavy atom. The lowest BCUT2D eigenvalue weighted by atomic mass is 10.1. The molecule has 0 N–H and O–H groups in total. The topological polar surface area (TPSA) is 43.4 Å². The van der Waals surface area contributed by atoms with E-state index in [1.807, 2.05) is 0 Å². The molecule has 1 saturated carbocycles. The van der Waals surface area contributed by atoms with E-state index in [1.54, 1.807) is 6.92 Å². The number of benzene rings is 1. The van der Waals surface area contributed by atoms with E-state index in [0.717, 1.165) is 25.7 Å². The van der Waals surface area contributed by atoms with E-state index in [9.17, 15) is 17.2 Å². The SMILES string of the molecule is C[C@H](c1ccc(OC(F)F)cc1)S(=O)(=O)C1CCCC1. The summed E-state index contributed by atoms with van der Waals surface area (Å²) in [5.74, 6) is 0.0363. The Hall–Kier alpha value is -1.17. The van der Waals surface area contributed by atoms with E-state index in [0.29, 0.717) is 5.56 Å². The Morgan fingerprint density at radius 3 is 2.20 bits per heavy atom. The Labute approximate surface area is 117 Å². The number of alkyl halides is 2. The van der Waals surface area contributed by atoms with Crippen molar-refractivity contribution in [2.45, 2.75) is 49.7 Å². The van der Waals surface area contributed by atoms with Gasteiger partial charge in [0, 0.05) is 0 Å². The van der Waals surface area contributed by atoms with E-state index < -0.39 is 21.7 Å². The smallest absolute Gasteiger partial charge is 0.387 e. The van der Waals surface area contributed by atoms with Gasteiger partial charge in [-0.25, -0.2) is 8.42 Å². The number of halogens is 2. The molecule has 0 heterocycles. The molecule has 112 valence electrons.